The molecule has 1 saturated carbocycles. The van der Waals surface area contributed by atoms with Crippen molar-refractivity contribution in [2.45, 2.75) is 38.8 Å². The first-order chi connectivity index (χ1) is 9.97. The number of pyridine rings is 1. The predicted molar refractivity (Wildman–Crippen MR) is 86.6 cm³/mol. The van der Waals surface area contributed by atoms with Gasteiger partial charge in [-0.15, -0.1) is 0 Å². The van der Waals surface area contributed by atoms with Crippen LogP contribution in [0.5, 0.6) is 0 Å². The molecule has 4 nitrogen and oxygen atoms in total. The summed E-state index contributed by atoms with van der Waals surface area (Å²) in [5, 5.41) is 0.587. The van der Waals surface area contributed by atoms with Crippen LogP contribution in [0.4, 0.5) is 0 Å². The number of carbonyl (C=O) groups excluding carboxylic acids is 1. The number of fused-ring (bicyclic) bond motifs is 1. The fourth-order valence-electron chi connectivity index (χ4n) is 2.65. The molecule has 0 spiro atoms. The van der Waals surface area contributed by atoms with Crippen LogP contribution in [-0.2, 0) is 0 Å². The maximum absolute atomic E-state index is 12.7. The van der Waals surface area contributed by atoms with Gasteiger partial charge in [0.05, 0.1) is 0 Å². The topological polar surface area (TPSA) is 53.2 Å². The first kappa shape index (κ1) is 14.3. The average molecular weight is 349 g/mol. The summed E-state index contributed by atoms with van der Waals surface area (Å²) < 4.78 is 0.848. The molecule has 2 aromatic rings. The van der Waals surface area contributed by atoms with E-state index in [9.17, 15) is 9.59 Å². The van der Waals surface area contributed by atoms with Crippen molar-refractivity contribution in [2.75, 3.05) is 0 Å². The van der Waals surface area contributed by atoms with Gasteiger partial charge in [0.1, 0.15) is 5.69 Å². The second kappa shape index (κ2) is 5.30. The van der Waals surface area contributed by atoms with Gasteiger partial charge in [-0.1, -0.05) is 15.9 Å². The fourth-order valence-corrected chi connectivity index (χ4v) is 3.01. The van der Waals surface area contributed by atoms with Crippen molar-refractivity contribution in [1.29, 1.82) is 0 Å². The quantitative estimate of drug-likeness (QED) is 0.924. The van der Waals surface area contributed by atoms with Crippen molar-refractivity contribution < 1.29 is 4.79 Å². The summed E-state index contributed by atoms with van der Waals surface area (Å²) in [5.74, 6) is -0.0885. The number of H-pyrrole nitrogens is 1. The van der Waals surface area contributed by atoms with Gasteiger partial charge in [-0.05, 0) is 44.9 Å². The Morgan fingerprint density at radius 3 is 2.67 bits per heavy atom. The number of halogens is 1. The van der Waals surface area contributed by atoms with E-state index >= 15 is 0 Å². The van der Waals surface area contributed by atoms with E-state index in [1.807, 2.05) is 30.9 Å². The molecule has 110 valence electrons. The molecule has 1 amide bonds. The smallest absolute Gasteiger partial charge is 0.270 e. The normalized spacial score (nSPS) is 14.7. The van der Waals surface area contributed by atoms with E-state index in [0.29, 0.717) is 22.6 Å². The molecule has 1 aromatic heterocycles. The summed E-state index contributed by atoms with van der Waals surface area (Å²) in [6, 6.07) is 7.30. The Kier molecular flexibility index (Phi) is 3.61. The first-order valence-electron chi connectivity index (χ1n) is 7.12. The number of amides is 1. The number of rotatable bonds is 3. The first-order valence-corrected chi connectivity index (χ1v) is 7.92. The van der Waals surface area contributed by atoms with Crippen molar-refractivity contribution in [3.05, 3.63) is 44.7 Å². The van der Waals surface area contributed by atoms with E-state index < -0.39 is 0 Å². The highest BCUT2D eigenvalue weighted by atomic mass is 79.9. The zero-order valence-electron chi connectivity index (χ0n) is 12.0. The van der Waals surface area contributed by atoms with Crippen LogP contribution in [0.3, 0.4) is 0 Å². The molecular weight excluding hydrogens is 332 g/mol. The summed E-state index contributed by atoms with van der Waals surface area (Å²) >= 11 is 3.36. The van der Waals surface area contributed by atoms with Crippen LogP contribution >= 0.6 is 15.9 Å². The highest BCUT2D eigenvalue weighted by Crippen LogP contribution is 2.29. The zero-order valence-corrected chi connectivity index (χ0v) is 13.6. The summed E-state index contributed by atoms with van der Waals surface area (Å²) in [4.78, 5) is 29.9. The van der Waals surface area contributed by atoms with Crippen molar-refractivity contribution in [3.63, 3.8) is 0 Å². The minimum Gasteiger partial charge on any atom is -0.350 e. The van der Waals surface area contributed by atoms with Crippen molar-refractivity contribution in [1.82, 2.24) is 9.88 Å². The van der Waals surface area contributed by atoms with Gasteiger partial charge in [-0.2, -0.15) is 0 Å². The van der Waals surface area contributed by atoms with Gasteiger partial charge < -0.3 is 9.88 Å². The molecule has 5 heteroatoms. The molecule has 0 atom stereocenters. The molecule has 3 rings (SSSR count). The third-order valence-electron chi connectivity index (χ3n) is 3.75. The number of nitrogens with one attached hydrogen (secondary N) is 1. The Labute approximate surface area is 131 Å². The van der Waals surface area contributed by atoms with Gasteiger partial charge in [0.2, 0.25) is 0 Å². The Balaban J connectivity index is 2.06. The van der Waals surface area contributed by atoms with E-state index in [1.54, 1.807) is 6.07 Å². The number of benzene rings is 1. The largest absolute Gasteiger partial charge is 0.350 e. The van der Waals surface area contributed by atoms with E-state index in [1.165, 1.54) is 6.07 Å². The van der Waals surface area contributed by atoms with Crippen molar-refractivity contribution in [2.24, 2.45) is 0 Å². The maximum atomic E-state index is 12.7. The lowest BCUT2D eigenvalue weighted by molar-refractivity contribution is 0.0684. The molecule has 1 N–H and O–H groups in total. The highest BCUT2D eigenvalue weighted by molar-refractivity contribution is 9.10. The molecule has 0 saturated heterocycles. The third-order valence-corrected chi connectivity index (χ3v) is 4.25. The SMILES string of the molecule is CC(C)N(C(=O)c1cc(=O)c2cc(Br)ccc2[nH]1)C1CC1. The lowest BCUT2D eigenvalue weighted by Crippen LogP contribution is -2.39. The van der Waals surface area contributed by atoms with Crippen LogP contribution in [0, 0.1) is 0 Å². The van der Waals surface area contributed by atoms with E-state index in [0.717, 1.165) is 17.3 Å². The molecule has 0 bridgehead atoms. The van der Waals surface area contributed by atoms with Crippen LogP contribution in [0.2, 0.25) is 0 Å². The molecule has 0 aliphatic heterocycles. The molecule has 21 heavy (non-hydrogen) atoms. The maximum Gasteiger partial charge on any atom is 0.270 e. The Bertz CT molecular complexity index is 760. The van der Waals surface area contributed by atoms with E-state index in [2.05, 4.69) is 20.9 Å². The molecule has 0 radical (unpaired) electrons. The Morgan fingerprint density at radius 1 is 1.33 bits per heavy atom. The minimum atomic E-state index is -0.132. The lowest BCUT2D eigenvalue weighted by atomic mass is 10.1. The van der Waals surface area contributed by atoms with Crippen LogP contribution in [-0.4, -0.2) is 27.9 Å². The summed E-state index contributed by atoms with van der Waals surface area (Å²) in [5.41, 5.74) is 0.928. The fraction of sp³-hybridized carbons (Fsp3) is 0.375. The summed E-state index contributed by atoms with van der Waals surface area (Å²) in [7, 11) is 0. The highest BCUT2D eigenvalue weighted by Gasteiger charge is 2.35. The molecule has 1 aliphatic rings. The number of carbonyl (C=O) groups is 1. The lowest BCUT2D eigenvalue weighted by Gasteiger charge is -2.26. The molecule has 1 fully saturated rings. The van der Waals surface area contributed by atoms with E-state index in [4.69, 9.17) is 0 Å². The average Bonchev–Trinajstić information content (AvgIpc) is 3.23. The number of nitrogens with zero attached hydrogens (tertiary/aromatic N) is 1. The second-order valence-corrected chi connectivity index (χ2v) is 6.69. The van der Waals surface area contributed by atoms with Crippen LogP contribution in [0.1, 0.15) is 37.2 Å². The molecule has 1 heterocycles. The van der Waals surface area contributed by atoms with Crippen LogP contribution in [0.25, 0.3) is 10.9 Å². The van der Waals surface area contributed by atoms with Crippen LogP contribution in [0.15, 0.2) is 33.5 Å². The van der Waals surface area contributed by atoms with Gasteiger partial charge in [0.25, 0.3) is 5.91 Å². The molecule has 1 aromatic carbocycles. The van der Waals surface area contributed by atoms with Crippen molar-refractivity contribution >= 4 is 32.7 Å². The van der Waals surface area contributed by atoms with Gasteiger partial charge in [-0.3, -0.25) is 9.59 Å². The van der Waals surface area contributed by atoms with Gasteiger partial charge in [0, 0.05) is 33.5 Å². The standard InChI is InChI=1S/C16H17BrN2O2/c1-9(2)19(11-4-5-11)16(21)14-8-15(20)12-7-10(17)3-6-13(12)18-14/h3,6-9,11H,4-5H2,1-2H3,(H,18,20). The predicted octanol–water partition coefficient (Wildman–Crippen LogP) is 3.30. The van der Waals surface area contributed by atoms with Gasteiger partial charge in [0.15, 0.2) is 5.43 Å². The van der Waals surface area contributed by atoms with Crippen molar-refractivity contribution in [3.8, 4) is 0 Å². The summed E-state index contributed by atoms with van der Waals surface area (Å²) in [6.07, 6.45) is 2.10. The van der Waals surface area contributed by atoms with Gasteiger partial charge >= 0.3 is 0 Å². The zero-order chi connectivity index (χ0) is 15.1. The third kappa shape index (κ3) is 2.75. The minimum absolute atomic E-state index is 0.0885. The number of aromatic nitrogens is 1. The molecule has 0 unspecified atom stereocenters. The number of hydrogen-bond donors (Lipinski definition) is 1. The van der Waals surface area contributed by atoms with Crippen LogP contribution < -0.4 is 5.43 Å². The summed E-state index contributed by atoms with van der Waals surface area (Å²) in [6.45, 7) is 4.01. The molecule has 1 aliphatic carbocycles. The van der Waals surface area contributed by atoms with E-state index in [-0.39, 0.29) is 17.4 Å². The number of hydrogen-bond acceptors (Lipinski definition) is 2. The molecular formula is C16H17BrN2O2. The Hall–Kier alpha value is -1.62. The number of aromatic amines is 1. The Morgan fingerprint density at radius 2 is 2.05 bits per heavy atom. The monoisotopic (exact) mass is 348 g/mol. The second-order valence-electron chi connectivity index (χ2n) is 5.77. The van der Waals surface area contributed by atoms with Gasteiger partial charge in [-0.25, -0.2) is 0 Å².